The van der Waals surface area contributed by atoms with Crippen molar-refractivity contribution in [2.45, 2.75) is 32.4 Å². The van der Waals surface area contributed by atoms with Gasteiger partial charge in [-0.15, -0.1) is 0 Å². The summed E-state index contributed by atoms with van der Waals surface area (Å²) in [4.78, 5) is 7.08. The third-order valence-corrected chi connectivity index (χ3v) is 2.72. The van der Waals surface area contributed by atoms with E-state index < -0.39 is 17.5 Å². The first kappa shape index (κ1) is 12.4. The highest BCUT2D eigenvalue weighted by Crippen LogP contribution is 2.30. The molecule has 1 aliphatic rings. The van der Waals surface area contributed by atoms with E-state index in [1.807, 2.05) is 13.8 Å². The van der Waals surface area contributed by atoms with Crippen LogP contribution >= 0.6 is 0 Å². The molecule has 0 bridgehead atoms. The van der Waals surface area contributed by atoms with Crippen molar-refractivity contribution in [2.24, 2.45) is 9.98 Å². The summed E-state index contributed by atoms with van der Waals surface area (Å²) in [5.74, 6) is 0.191. The van der Waals surface area contributed by atoms with Gasteiger partial charge in [0, 0.05) is 0 Å². The van der Waals surface area contributed by atoms with Crippen molar-refractivity contribution in [1.82, 2.24) is 0 Å². The molecule has 1 aromatic rings. The average molecular weight is 246 g/mol. The molecule has 5 heteroatoms. The lowest BCUT2D eigenvalue weighted by Gasteiger charge is -2.27. The molecule has 0 aromatic heterocycles. The van der Waals surface area contributed by atoms with E-state index in [9.17, 15) is 10.2 Å². The third kappa shape index (κ3) is 2.16. The van der Waals surface area contributed by atoms with Gasteiger partial charge in [0.1, 0.15) is 11.3 Å². The maximum Gasteiger partial charge on any atom is 0.119 e. The van der Waals surface area contributed by atoms with Crippen LogP contribution in [-0.2, 0) is 5.54 Å². The lowest BCUT2D eigenvalue weighted by atomic mass is 9.93. The van der Waals surface area contributed by atoms with Gasteiger partial charge in [-0.2, -0.15) is 0 Å². The fraction of sp³-hybridized carbons (Fsp3) is 0.385. The topological polar surface area (TPSA) is 80.1 Å². The molecule has 0 saturated carbocycles. The van der Waals surface area contributed by atoms with Crippen LogP contribution in [0.3, 0.4) is 0 Å². The number of nitrogens with zero attached hydrogens (tertiary/aromatic N) is 2. The first-order valence-electron chi connectivity index (χ1n) is 5.72. The van der Waals surface area contributed by atoms with Gasteiger partial charge in [-0.25, -0.2) is 0 Å². The molecule has 0 fully saturated rings. The number of hydrogen-bond donors (Lipinski definition) is 0. The van der Waals surface area contributed by atoms with E-state index in [1.165, 1.54) is 0 Å². The van der Waals surface area contributed by atoms with Gasteiger partial charge in [0.25, 0.3) is 0 Å². The normalized spacial score (nSPS) is 22.9. The summed E-state index contributed by atoms with van der Waals surface area (Å²) in [6.07, 6.45) is 0.0841. The molecule has 1 heterocycles. The molecule has 2 rings (SSSR count). The number of hydrogen-bond acceptors (Lipinski definition) is 5. The highest BCUT2D eigenvalue weighted by atomic mass is 16.5. The molecule has 0 spiro atoms. The van der Waals surface area contributed by atoms with Crippen molar-refractivity contribution in [3.63, 3.8) is 0 Å². The Morgan fingerprint density at radius 2 is 1.78 bits per heavy atom. The quantitative estimate of drug-likeness (QED) is 0.762. The zero-order valence-electron chi connectivity index (χ0n) is 10.5. The van der Waals surface area contributed by atoms with Crippen LogP contribution in [0.15, 0.2) is 34.3 Å². The Labute approximate surface area is 105 Å². The van der Waals surface area contributed by atoms with E-state index in [1.54, 1.807) is 31.2 Å². The molecule has 0 N–H and O–H groups in total. The molecule has 96 valence electrons. The molecule has 1 aliphatic heterocycles. The van der Waals surface area contributed by atoms with E-state index in [2.05, 4.69) is 9.98 Å². The van der Waals surface area contributed by atoms with Crippen LogP contribution < -0.4 is 14.9 Å². The minimum absolute atomic E-state index is 0.0841. The Balaban J connectivity index is 2.28. The van der Waals surface area contributed by atoms with Crippen molar-refractivity contribution < 1.29 is 14.9 Å². The van der Waals surface area contributed by atoms with Gasteiger partial charge in [-0.05, 0) is 44.4 Å². The van der Waals surface area contributed by atoms with Gasteiger partial charge in [-0.3, -0.25) is 9.98 Å². The van der Waals surface area contributed by atoms with Crippen LogP contribution in [0.25, 0.3) is 0 Å². The Bertz CT molecular complexity index is 505. The zero-order chi connectivity index (χ0) is 13.3. The number of aliphatic imine (C=N–C) groups is 2. The van der Waals surface area contributed by atoms with Gasteiger partial charge in [0.2, 0.25) is 0 Å². The van der Waals surface area contributed by atoms with Crippen molar-refractivity contribution in [3.8, 4) is 5.75 Å². The Kier molecular flexibility index (Phi) is 2.98. The van der Waals surface area contributed by atoms with Gasteiger partial charge in [0.05, 0.1) is 12.1 Å². The summed E-state index contributed by atoms with van der Waals surface area (Å²) in [6.45, 7) is 5.45. The van der Waals surface area contributed by atoms with Crippen molar-refractivity contribution in [2.75, 3.05) is 0 Å². The first-order valence-corrected chi connectivity index (χ1v) is 5.72. The highest BCUT2D eigenvalue weighted by molar-refractivity contribution is 5.98. The molecule has 0 aliphatic carbocycles. The maximum atomic E-state index is 11.7. The second-order valence-corrected chi connectivity index (χ2v) is 4.57. The van der Waals surface area contributed by atoms with E-state index in [4.69, 9.17) is 4.74 Å². The fourth-order valence-electron chi connectivity index (χ4n) is 1.78. The van der Waals surface area contributed by atoms with Gasteiger partial charge >= 0.3 is 0 Å². The SMILES string of the molecule is CC(C)Oc1ccc([C@]2(C)N=C([O-])N=C2[O-])cc1. The van der Waals surface area contributed by atoms with Crippen LogP contribution in [0.5, 0.6) is 5.75 Å². The van der Waals surface area contributed by atoms with Gasteiger partial charge in [0.15, 0.2) is 0 Å². The highest BCUT2D eigenvalue weighted by Gasteiger charge is 2.29. The predicted molar refractivity (Wildman–Crippen MR) is 64.4 cm³/mol. The van der Waals surface area contributed by atoms with E-state index in [-0.39, 0.29) is 6.10 Å². The van der Waals surface area contributed by atoms with Gasteiger partial charge < -0.3 is 14.9 Å². The average Bonchev–Trinajstić information content (AvgIpc) is 2.53. The van der Waals surface area contributed by atoms with E-state index >= 15 is 0 Å². The summed E-state index contributed by atoms with van der Waals surface area (Å²) in [7, 11) is 0. The molecule has 1 aromatic carbocycles. The monoisotopic (exact) mass is 246 g/mol. The van der Waals surface area contributed by atoms with Crippen molar-refractivity contribution >= 4 is 11.9 Å². The number of ether oxygens (including phenoxy) is 1. The molecule has 5 nitrogen and oxygen atoms in total. The standard InChI is InChI=1S/C13H16N2O3/c1-8(2)18-10-6-4-9(5-7-10)13(3)11(16)14-12(17)15-13/h4-8H,1-3H3,(H2,14,15,16,17)/p-2/t13-/m0/s1. The first-order chi connectivity index (χ1) is 8.41. The van der Waals surface area contributed by atoms with E-state index in [0.717, 1.165) is 0 Å². The Morgan fingerprint density at radius 1 is 1.17 bits per heavy atom. The summed E-state index contributed by atoms with van der Waals surface area (Å²) in [5, 5.41) is 22.7. The minimum Gasteiger partial charge on any atom is -0.860 e. The molecular formula is C13H14N2O3-2. The van der Waals surface area contributed by atoms with Crippen LogP contribution in [0.4, 0.5) is 0 Å². The predicted octanol–water partition coefficient (Wildman–Crippen LogP) is 0.178. The lowest BCUT2D eigenvalue weighted by Crippen LogP contribution is -2.37. The van der Waals surface area contributed by atoms with Crippen LogP contribution in [-0.4, -0.2) is 18.0 Å². The zero-order valence-corrected chi connectivity index (χ0v) is 10.5. The van der Waals surface area contributed by atoms with Gasteiger partial charge in [-0.1, -0.05) is 12.1 Å². The second kappa shape index (κ2) is 4.33. The van der Waals surface area contributed by atoms with Crippen LogP contribution in [0.2, 0.25) is 0 Å². The number of rotatable bonds is 3. The summed E-state index contributed by atoms with van der Waals surface area (Å²) in [6, 6.07) is 6.25. The fourth-order valence-corrected chi connectivity index (χ4v) is 1.78. The van der Waals surface area contributed by atoms with Crippen molar-refractivity contribution in [3.05, 3.63) is 29.8 Å². The molecular weight excluding hydrogens is 232 g/mol. The Hall–Kier alpha value is -2.04. The summed E-state index contributed by atoms with van der Waals surface area (Å²) >= 11 is 0. The summed E-state index contributed by atoms with van der Waals surface area (Å²) in [5.41, 5.74) is -0.550. The minimum atomic E-state index is -1.19. The maximum absolute atomic E-state index is 11.7. The molecule has 18 heavy (non-hydrogen) atoms. The molecule has 0 unspecified atom stereocenters. The molecule has 0 amide bonds. The molecule has 0 radical (unpaired) electrons. The van der Waals surface area contributed by atoms with Crippen LogP contribution in [0.1, 0.15) is 26.3 Å². The van der Waals surface area contributed by atoms with E-state index in [0.29, 0.717) is 11.3 Å². The molecule has 0 saturated heterocycles. The third-order valence-electron chi connectivity index (χ3n) is 2.72. The summed E-state index contributed by atoms with van der Waals surface area (Å²) < 4.78 is 5.51. The van der Waals surface area contributed by atoms with Crippen molar-refractivity contribution in [1.29, 1.82) is 0 Å². The largest absolute Gasteiger partial charge is 0.860 e. The molecule has 1 atom stereocenters. The number of benzene rings is 1. The second-order valence-electron chi connectivity index (χ2n) is 4.57. The number of amidine groups is 1. The smallest absolute Gasteiger partial charge is 0.119 e. The van der Waals surface area contributed by atoms with Crippen LogP contribution in [0, 0.1) is 0 Å². The Morgan fingerprint density at radius 3 is 2.22 bits per heavy atom. The lowest BCUT2D eigenvalue weighted by molar-refractivity contribution is -0.226.